The Kier molecular flexibility index (Phi) is 4.00. The van der Waals surface area contributed by atoms with Gasteiger partial charge in [-0.1, -0.05) is 0 Å². The van der Waals surface area contributed by atoms with E-state index in [1.165, 1.54) is 0 Å². The lowest BCUT2D eigenvalue weighted by Crippen LogP contribution is -2.62. The summed E-state index contributed by atoms with van der Waals surface area (Å²) in [5, 5.41) is 8.43. The van der Waals surface area contributed by atoms with Gasteiger partial charge in [0.25, 0.3) is 0 Å². The second-order valence-corrected chi connectivity index (χ2v) is 2.05. The zero-order valence-electron chi connectivity index (χ0n) is 5.34. The number of carbonyl (C=O) groups excluding carboxylic acids is 1. The molecule has 0 aliphatic heterocycles. The molecule has 9 heavy (non-hydrogen) atoms. The van der Waals surface area contributed by atoms with E-state index in [1.807, 2.05) is 0 Å². The molecule has 0 heterocycles. The molecule has 1 amide bonds. The van der Waals surface area contributed by atoms with Crippen molar-refractivity contribution in [1.82, 2.24) is 0 Å². The molecule has 0 bridgehead atoms. The number of primary amides is 1. The van der Waals surface area contributed by atoms with E-state index in [2.05, 4.69) is 5.73 Å². The maximum atomic E-state index is 10.1. The Hall–Kier alpha value is -0.610. The zero-order valence-corrected chi connectivity index (χ0v) is 5.34. The molecule has 6 N–H and O–H groups in total. The molecule has 0 aromatic rings. The molecule has 0 unspecified atom stereocenters. The molecule has 0 aliphatic rings. The second-order valence-electron chi connectivity index (χ2n) is 2.05. The minimum absolute atomic E-state index is 0.0211. The van der Waals surface area contributed by atoms with Gasteiger partial charge < -0.3 is 16.6 Å². The number of amides is 1. The summed E-state index contributed by atoms with van der Waals surface area (Å²) < 4.78 is 0. The molecule has 0 rings (SSSR count). The lowest BCUT2D eigenvalue weighted by molar-refractivity contribution is -0.426. The van der Waals surface area contributed by atoms with Crippen molar-refractivity contribution < 1.29 is 15.6 Å². The fraction of sp³-hybridized carbons (Fsp3) is 0.800. The zero-order chi connectivity index (χ0) is 7.28. The summed E-state index contributed by atoms with van der Waals surface area (Å²) in [5.74, 6) is -0.336. The van der Waals surface area contributed by atoms with Crippen molar-refractivity contribution in [3.05, 3.63) is 0 Å². The lowest BCUT2D eigenvalue weighted by atomic mass is 10.2. The Morgan fingerprint density at radius 1 is 1.78 bits per heavy atom. The largest absolute Gasteiger partial charge is 0.390 e. The van der Waals surface area contributed by atoms with Gasteiger partial charge in [0.15, 0.2) is 0 Å². The summed E-state index contributed by atoms with van der Waals surface area (Å²) in [6.07, 6.45) is 0.889. The van der Waals surface area contributed by atoms with E-state index in [1.54, 1.807) is 0 Å². The summed E-state index contributed by atoms with van der Waals surface area (Å²) >= 11 is 0. The van der Waals surface area contributed by atoms with Crippen molar-refractivity contribution in [3.8, 4) is 0 Å². The number of hydrogen-bond acceptors (Lipinski definition) is 2. The maximum Gasteiger partial charge on any atom is 0.217 e. The quantitative estimate of drug-likeness (QED) is 0.408. The highest BCUT2D eigenvalue weighted by molar-refractivity contribution is 5.73. The van der Waals surface area contributed by atoms with E-state index >= 15 is 0 Å². The molecule has 0 aromatic carbocycles. The van der Waals surface area contributed by atoms with E-state index < -0.39 is 0 Å². The fourth-order valence-electron chi connectivity index (χ4n) is 0.438. The Labute approximate surface area is 53.8 Å². The van der Waals surface area contributed by atoms with Crippen LogP contribution in [0.15, 0.2) is 0 Å². The SMILES string of the molecule is NC(=O)CC[C@H]([NH3+])CO. The molecule has 0 fully saturated rings. The van der Waals surface area contributed by atoms with E-state index in [9.17, 15) is 4.79 Å². The van der Waals surface area contributed by atoms with Crippen LogP contribution in [0, 0.1) is 0 Å². The van der Waals surface area contributed by atoms with E-state index in [-0.39, 0.29) is 18.6 Å². The molecule has 0 radical (unpaired) electrons. The van der Waals surface area contributed by atoms with Crippen LogP contribution < -0.4 is 11.5 Å². The minimum Gasteiger partial charge on any atom is -0.390 e. The van der Waals surface area contributed by atoms with Gasteiger partial charge in [0.2, 0.25) is 5.91 Å². The first kappa shape index (κ1) is 8.39. The van der Waals surface area contributed by atoms with Gasteiger partial charge in [-0.2, -0.15) is 0 Å². The Balaban J connectivity index is 3.16. The van der Waals surface area contributed by atoms with Crippen molar-refractivity contribution in [1.29, 1.82) is 0 Å². The predicted molar refractivity (Wildman–Crippen MR) is 32.2 cm³/mol. The first-order valence-electron chi connectivity index (χ1n) is 2.89. The number of carbonyl (C=O) groups is 1. The molecule has 0 aliphatic carbocycles. The highest BCUT2D eigenvalue weighted by atomic mass is 16.3. The van der Waals surface area contributed by atoms with Crippen LogP contribution in [-0.4, -0.2) is 23.7 Å². The number of hydrogen-bond donors (Lipinski definition) is 3. The van der Waals surface area contributed by atoms with Gasteiger partial charge in [-0.25, -0.2) is 0 Å². The Morgan fingerprint density at radius 3 is 2.67 bits per heavy atom. The Morgan fingerprint density at radius 2 is 2.33 bits per heavy atom. The van der Waals surface area contributed by atoms with Crippen LogP contribution in [0.1, 0.15) is 12.8 Å². The summed E-state index contributed by atoms with van der Waals surface area (Å²) in [6.45, 7) is 0.0211. The molecule has 0 aromatic heterocycles. The molecule has 0 saturated carbocycles. The van der Waals surface area contributed by atoms with E-state index in [0.29, 0.717) is 12.8 Å². The average Bonchev–Trinajstić information content (AvgIpc) is 1.83. The summed E-state index contributed by atoms with van der Waals surface area (Å²) in [5.41, 5.74) is 8.42. The summed E-state index contributed by atoms with van der Waals surface area (Å²) in [6, 6.07) is -0.0579. The molecule has 0 saturated heterocycles. The molecule has 4 nitrogen and oxygen atoms in total. The third kappa shape index (κ3) is 5.26. The standard InChI is InChI=1S/C5H12N2O2/c6-4(3-8)1-2-5(7)9/h4,8H,1-3,6H2,(H2,7,9)/p+1/t4-/m0/s1. The van der Waals surface area contributed by atoms with Crippen LogP contribution in [0.5, 0.6) is 0 Å². The number of aliphatic hydroxyl groups excluding tert-OH is 1. The third-order valence-electron chi connectivity index (χ3n) is 1.06. The van der Waals surface area contributed by atoms with E-state index in [0.717, 1.165) is 0 Å². The average molecular weight is 133 g/mol. The predicted octanol–water partition coefficient (Wildman–Crippen LogP) is -2.15. The molecular formula is C5H13N2O2+. The maximum absolute atomic E-state index is 10.1. The van der Waals surface area contributed by atoms with Gasteiger partial charge in [0, 0.05) is 12.8 Å². The second kappa shape index (κ2) is 4.29. The number of nitrogens with two attached hydrogens (primary N) is 1. The third-order valence-corrected chi connectivity index (χ3v) is 1.06. The first-order chi connectivity index (χ1) is 4.16. The molecule has 54 valence electrons. The van der Waals surface area contributed by atoms with Crippen LogP contribution in [0.3, 0.4) is 0 Å². The highest BCUT2D eigenvalue weighted by Crippen LogP contribution is 1.88. The van der Waals surface area contributed by atoms with Crippen molar-refractivity contribution in [2.24, 2.45) is 5.73 Å². The minimum atomic E-state index is -0.336. The van der Waals surface area contributed by atoms with Gasteiger partial charge in [-0.15, -0.1) is 0 Å². The number of quaternary nitrogens is 1. The van der Waals surface area contributed by atoms with Crippen molar-refractivity contribution in [2.75, 3.05) is 6.61 Å². The number of aliphatic hydroxyl groups is 1. The molecular weight excluding hydrogens is 120 g/mol. The van der Waals surface area contributed by atoms with E-state index in [4.69, 9.17) is 10.8 Å². The molecule has 1 atom stereocenters. The van der Waals surface area contributed by atoms with Gasteiger partial charge in [-0.05, 0) is 0 Å². The summed E-state index contributed by atoms with van der Waals surface area (Å²) in [4.78, 5) is 10.1. The van der Waals surface area contributed by atoms with Crippen LogP contribution in [0.4, 0.5) is 0 Å². The smallest absolute Gasteiger partial charge is 0.217 e. The topological polar surface area (TPSA) is 91.0 Å². The van der Waals surface area contributed by atoms with Crippen LogP contribution >= 0.6 is 0 Å². The monoisotopic (exact) mass is 133 g/mol. The molecule has 4 heteroatoms. The van der Waals surface area contributed by atoms with Gasteiger partial charge >= 0.3 is 0 Å². The Bertz CT molecular complexity index is 95.0. The van der Waals surface area contributed by atoms with Crippen molar-refractivity contribution in [3.63, 3.8) is 0 Å². The molecule has 0 spiro atoms. The van der Waals surface area contributed by atoms with Crippen molar-refractivity contribution in [2.45, 2.75) is 18.9 Å². The highest BCUT2D eigenvalue weighted by Gasteiger charge is 2.04. The lowest BCUT2D eigenvalue weighted by Gasteiger charge is -2.00. The van der Waals surface area contributed by atoms with Gasteiger partial charge in [0.05, 0.1) is 6.61 Å². The number of rotatable bonds is 4. The first-order valence-corrected chi connectivity index (χ1v) is 2.89. The van der Waals surface area contributed by atoms with Gasteiger partial charge in [-0.3, -0.25) is 4.79 Å². The normalized spacial score (nSPS) is 13.1. The van der Waals surface area contributed by atoms with Crippen LogP contribution in [0.25, 0.3) is 0 Å². The fourth-order valence-corrected chi connectivity index (χ4v) is 0.438. The van der Waals surface area contributed by atoms with Crippen LogP contribution in [-0.2, 0) is 4.79 Å². The van der Waals surface area contributed by atoms with Crippen LogP contribution in [0.2, 0.25) is 0 Å². The van der Waals surface area contributed by atoms with Gasteiger partial charge in [0.1, 0.15) is 6.04 Å². The summed E-state index contributed by atoms with van der Waals surface area (Å²) in [7, 11) is 0. The van der Waals surface area contributed by atoms with Crippen molar-refractivity contribution >= 4 is 5.91 Å².